The van der Waals surface area contributed by atoms with Crippen molar-refractivity contribution >= 4 is 5.97 Å². The zero-order valence-corrected chi connectivity index (χ0v) is 8.86. The molecular weight excluding hydrogens is 206 g/mol. The fourth-order valence-electron chi connectivity index (χ4n) is 1.88. The number of fused-ring (bicyclic) bond motifs is 1. The van der Waals surface area contributed by atoms with Gasteiger partial charge in [-0.2, -0.15) is 5.26 Å². The van der Waals surface area contributed by atoms with Gasteiger partial charge in [0.2, 0.25) is 0 Å². The average molecular weight is 217 g/mol. The topological polar surface area (TPSA) is 70.3 Å². The first-order valence-corrected chi connectivity index (χ1v) is 4.92. The predicted octanol–water partition coefficient (Wildman–Crippen LogP) is 1.70. The van der Waals surface area contributed by atoms with Gasteiger partial charge in [0.25, 0.3) is 0 Å². The summed E-state index contributed by atoms with van der Waals surface area (Å²) >= 11 is 0. The van der Waals surface area contributed by atoms with Crippen LogP contribution in [0.3, 0.4) is 0 Å². The summed E-state index contributed by atoms with van der Waals surface area (Å²) in [6, 6.07) is 7.01. The quantitative estimate of drug-likeness (QED) is 0.777. The molecule has 1 heterocycles. The number of benzene rings is 1. The highest BCUT2D eigenvalue weighted by atomic mass is 16.5. The van der Waals surface area contributed by atoms with Gasteiger partial charge >= 0.3 is 5.97 Å². The van der Waals surface area contributed by atoms with Crippen molar-refractivity contribution in [1.29, 1.82) is 5.26 Å². The van der Waals surface area contributed by atoms with Crippen molar-refractivity contribution in [1.82, 2.24) is 0 Å². The van der Waals surface area contributed by atoms with Crippen LogP contribution in [0.2, 0.25) is 0 Å². The molecular formula is C12H11NO3. The highest BCUT2D eigenvalue weighted by Crippen LogP contribution is 2.32. The summed E-state index contributed by atoms with van der Waals surface area (Å²) in [4.78, 5) is 10.9. The monoisotopic (exact) mass is 217 g/mol. The fraction of sp³-hybridized carbons (Fsp3) is 0.333. The highest BCUT2D eigenvalue weighted by Gasteiger charge is 2.33. The Kier molecular flexibility index (Phi) is 2.41. The minimum Gasteiger partial charge on any atom is -0.478 e. The van der Waals surface area contributed by atoms with Gasteiger partial charge in [-0.15, -0.1) is 0 Å². The molecule has 0 fully saturated rings. The molecule has 0 spiro atoms. The molecule has 16 heavy (non-hydrogen) atoms. The van der Waals surface area contributed by atoms with Crippen LogP contribution in [0.5, 0.6) is 0 Å². The van der Waals surface area contributed by atoms with Crippen LogP contribution in [0.4, 0.5) is 0 Å². The SMILES string of the molecule is C[C@]1(C#N)COCc2ccc(C(=O)O)cc21. The molecule has 2 rings (SSSR count). The smallest absolute Gasteiger partial charge is 0.335 e. The van der Waals surface area contributed by atoms with Gasteiger partial charge in [0.05, 0.1) is 24.8 Å². The number of carboxylic acids is 1. The Labute approximate surface area is 93.1 Å². The number of carboxylic acid groups (broad SMARTS) is 1. The van der Waals surface area contributed by atoms with Gasteiger partial charge in [-0.1, -0.05) is 6.07 Å². The van der Waals surface area contributed by atoms with Gasteiger partial charge in [0, 0.05) is 0 Å². The molecule has 1 atom stereocenters. The largest absolute Gasteiger partial charge is 0.478 e. The van der Waals surface area contributed by atoms with Gasteiger partial charge in [-0.05, 0) is 30.2 Å². The maximum atomic E-state index is 10.9. The van der Waals surface area contributed by atoms with Crippen molar-refractivity contribution < 1.29 is 14.6 Å². The van der Waals surface area contributed by atoms with E-state index in [1.54, 1.807) is 19.1 Å². The lowest BCUT2D eigenvalue weighted by Crippen LogP contribution is -2.32. The molecule has 0 aliphatic carbocycles. The van der Waals surface area contributed by atoms with Crippen molar-refractivity contribution in [3.63, 3.8) is 0 Å². The Bertz CT molecular complexity index is 490. The molecule has 0 saturated carbocycles. The first-order valence-electron chi connectivity index (χ1n) is 4.92. The Morgan fingerprint density at radius 3 is 3.00 bits per heavy atom. The molecule has 1 aliphatic heterocycles. The molecule has 1 aliphatic rings. The maximum absolute atomic E-state index is 10.9. The third kappa shape index (κ3) is 1.55. The van der Waals surface area contributed by atoms with Crippen LogP contribution < -0.4 is 0 Å². The summed E-state index contributed by atoms with van der Waals surface area (Å²) in [5.41, 5.74) is 1.11. The Hall–Kier alpha value is -1.86. The van der Waals surface area contributed by atoms with Crippen LogP contribution in [0.25, 0.3) is 0 Å². The number of hydrogen-bond acceptors (Lipinski definition) is 3. The number of hydrogen-bond donors (Lipinski definition) is 1. The summed E-state index contributed by atoms with van der Waals surface area (Å²) in [6.45, 7) is 2.50. The van der Waals surface area contributed by atoms with E-state index in [1.165, 1.54) is 6.07 Å². The molecule has 4 nitrogen and oxygen atoms in total. The fourth-order valence-corrected chi connectivity index (χ4v) is 1.88. The summed E-state index contributed by atoms with van der Waals surface area (Å²) in [5.74, 6) is -0.977. The van der Waals surface area contributed by atoms with Crippen LogP contribution in [0, 0.1) is 11.3 Å². The Balaban J connectivity index is 2.58. The lowest BCUT2D eigenvalue weighted by atomic mass is 9.80. The summed E-state index contributed by atoms with van der Waals surface area (Å²) in [5, 5.41) is 18.1. The first-order chi connectivity index (χ1) is 7.57. The molecule has 0 bridgehead atoms. The van der Waals surface area contributed by atoms with E-state index in [1.807, 2.05) is 0 Å². The van der Waals surface area contributed by atoms with E-state index in [0.29, 0.717) is 13.2 Å². The predicted molar refractivity (Wildman–Crippen MR) is 56.0 cm³/mol. The van der Waals surface area contributed by atoms with E-state index in [2.05, 4.69) is 6.07 Å². The van der Waals surface area contributed by atoms with Crippen molar-refractivity contribution in [2.24, 2.45) is 0 Å². The van der Waals surface area contributed by atoms with Gasteiger partial charge < -0.3 is 9.84 Å². The molecule has 0 radical (unpaired) electrons. The summed E-state index contributed by atoms with van der Waals surface area (Å²) in [6.07, 6.45) is 0. The van der Waals surface area contributed by atoms with Crippen LogP contribution in [-0.4, -0.2) is 17.7 Å². The highest BCUT2D eigenvalue weighted by molar-refractivity contribution is 5.88. The maximum Gasteiger partial charge on any atom is 0.335 e. The van der Waals surface area contributed by atoms with Crippen LogP contribution >= 0.6 is 0 Å². The number of aromatic carboxylic acids is 1. The van der Waals surface area contributed by atoms with Gasteiger partial charge in [-0.3, -0.25) is 0 Å². The normalized spacial score (nSPS) is 23.2. The standard InChI is InChI=1S/C12H11NO3/c1-12(6-13)7-16-5-9-3-2-8(11(14)15)4-10(9)12/h2-4H,5,7H2,1H3,(H,14,15)/t12-/m0/s1. The summed E-state index contributed by atoms with van der Waals surface area (Å²) < 4.78 is 5.33. The number of nitriles is 1. The minimum atomic E-state index is -0.977. The molecule has 1 aromatic rings. The molecule has 1 N–H and O–H groups in total. The van der Waals surface area contributed by atoms with Crippen molar-refractivity contribution in [2.75, 3.05) is 6.61 Å². The van der Waals surface area contributed by atoms with Gasteiger partial charge in [0.1, 0.15) is 5.41 Å². The third-order valence-corrected chi connectivity index (χ3v) is 2.85. The molecule has 1 aromatic carbocycles. The molecule has 4 heteroatoms. The van der Waals surface area contributed by atoms with E-state index < -0.39 is 11.4 Å². The second-order valence-corrected chi connectivity index (χ2v) is 4.11. The summed E-state index contributed by atoms with van der Waals surface area (Å²) in [7, 11) is 0. The third-order valence-electron chi connectivity index (χ3n) is 2.85. The second kappa shape index (κ2) is 3.62. The Morgan fingerprint density at radius 2 is 2.38 bits per heavy atom. The Morgan fingerprint density at radius 1 is 1.62 bits per heavy atom. The van der Waals surface area contributed by atoms with E-state index in [0.717, 1.165) is 11.1 Å². The van der Waals surface area contributed by atoms with Gasteiger partial charge in [0.15, 0.2) is 0 Å². The van der Waals surface area contributed by atoms with E-state index in [4.69, 9.17) is 15.1 Å². The molecule has 0 unspecified atom stereocenters. The molecule has 0 saturated heterocycles. The van der Waals surface area contributed by atoms with Crippen molar-refractivity contribution in [2.45, 2.75) is 18.9 Å². The van der Waals surface area contributed by atoms with E-state index >= 15 is 0 Å². The van der Waals surface area contributed by atoms with Gasteiger partial charge in [-0.25, -0.2) is 4.79 Å². The lowest BCUT2D eigenvalue weighted by Gasteiger charge is -2.29. The average Bonchev–Trinajstić information content (AvgIpc) is 2.29. The minimum absolute atomic E-state index is 0.210. The van der Waals surface area contributed by atoms with Crippen LogP contribution in [-0.2, 0) is 16.8 Å². The first kappa shape index (κ1) is 10.7. The number of ether oxygens (including phenoxy) is 1. The lowest BCUT2D eigenvalue weighted by molar-refractivity contribution is 0.0689. The number of nitrogens with zero attached hydrogens (tertiary/aromatic N) is 1. The number of carbonyl (C=O) groups is 1. The zero-order chi connectivity index (χ0) is 11.8. The zero-order valence-electron chi connectivity index (χ0n) is 8.86. The van der Waals surface area contributed by atoms with Crippen LogP contribution in [0.15, 0.2) is 18.2 Å². The number of rotatable bonds is 1. The van der Waals surface area contributed by atoms with Crippen molar-refractivity contribution in [3.05, 3.63) is 34.9 Å². The van der Waals surface area contributed by atoms with E-state index in [-0.39, 0.29) is 5.56 Å². The molecule has 0 amide bonds. The van der Waals surface area contributed by atoms with Crippen molar-refractivity contribution in [3.8, 4) is 6.07 Å². The molecule has 82 valence electrons. The molecule has 0 aromatic heterocycles. The van der Waals surface area contributed by atoms with Crippen LogP contribution in [0.1, 0.15) is 28.4 Å². The second-order valence-electron chi connectivity index (χ2n) is 4.11. The van der Waals surface area contributed by atoms with E-state index in [9.17, 15) is 4.79 Å².